The SMILES string of the molecule is Cc1nn(C)c(C)c1CNC(=O)CN1C(=O)[C@@]2(COc3ccccc3)C[C@H]2c2ccccc21. The number of hydrogen-bond acceptors (Lipinski definition) is 4. The second kappa shape index (κ2) is 8.06. The standard InChI is InChI=1S/C26H28N4O3/c1-17-21(18(2)29(3)28-17)14-27-24(31)15-30-23-12-8-7-11-20(23)22-13-26(22,25(30)32)16-33-19-9-5-4-6-10-19/h4-12,22H,13-16H2,1-3H3,(H,27,31)/t22-,26+/m0/s1. The summed E-state index contributed by atoms with van der Waals surface area (Å²) in [6.45, 7) is 4.59. The maximum absolute atomic E-state index is 13.6. The van der Waals surface area contributed by atoms with Crippen molar-refractivity contribution in [3.8, 4) is 5.75 Å². The monoisotopic (exact) mass is 444 g/mol. The number of ether oxygens (including phenoxy) is 1. The first-order valence-corrected chi connectivity index (χ1v) is 11.3. The third-order valence-electron chi connectivity index (χ3n) is 7.01. The first-order valence-electron chi connectivity index (χ1n) is 11.3. The molecule has 0 unspecified atom stereocenters. The van der Waals surface area contributed by atoms with E-state index in [2.05, 4.69) is 16.5 Å². The van der Waals surface area contributed by atoms with E-state index in [0.29, 0.717) is 13.2 Å². The van der Waals surface area contributed by atoms with E-state index in [1.807, 2.05) is 74.1 Å². The van der Waals surface area contributed by atoms with Crippen LogP contribution >= 0.6 is 0 Å². The molecule has 1 aliphatic heterocycles. The third kappa shape index (κ3) is 3.67. The zero-order valence-electron chi connectivity index (χ0n) is 19.2. The molecule has 0 spiro atoms. The predicted molar refractivity (Wildman–Crippen MR) is 125 cm³/mol. The van der Waals surface area contributed by atoms with Crippen LogP contribution in [0.5, 0.6) is 5.75 Å². The molecule has 1 saturated carbocycles. The van der Waals surface area contributed by atoms with Crippen LogP contribution in [0.1, 0.15) is 34.9 Å². The topological polar surface area (TPSA) is 76.5 Å². The molecule has 1 fully saturated rings. The van der Waals surface area contributed by atoms with Crippen molar-refractivity contribution in [1.82, 2.24) is 15.1 Å². The van der Waals surface area contributed by atoms with Gasteiger partial charge in [0.15, 0.2) is 0 Å². The molecule has 33 heavy (non-hydrogen) atoms. The average molecular weight is 445 g/mol. The Morgan fingerprint density at radius 1 is 1.15 bits per heavy atom. The number of fused-ring (bicyclic) bond motifs is 3. The smallest absolute Gasteiger partial charge is 0.240 e. The number of amides is 2. The summed E-state index contributed by atoms with van der Waals surface area (Å²) in [5, 5.41) is 7.38. The molecule has 0 radical (unpaired) electrons. The van der Waals surface area contributed by atoms with Crippen LogP contribution in [-0.4, -0.2) is 34.7 Å². The summed E-state index contributed by atoms with van der Waals surface area (Å²) in [4.78, 5) is 28.2. The number of para-hydroxylation sites is 2. The number of aryl methyl sites for hydroxylation is 2. The molecule has 2 aromatic carbocycles. The minimum Gasteiger partial charge on any atom is -0.492 e. The number of benzene rings is 2. The Labute approximate surface area is 193 Å². The average Bonchev–Trinajstić information content (AvgIpc) is 3.52. The van der Waals surface area contributed by atoms with Gasteiger partial charge in [0.1, 0.15) is 18.9 Å². The molecular formula is C26H28N4O3. The maximum Gasteiger partial charge on any atom is 0.240 e. The van der Waals surface area contributed by atoms with Gasteiger partial charge < -0.3 is 15.0 Å². The molecule has 7 nitrogen and oxygen atoms in total. The highest BCUT2D eigenvalue weighted by Crippen LogP contribution is 2.65. The Balaban J connectivity index is 1.33. The van der Waals surface area contributed by atoms with Gasteiger partial charge in [0.05, 0.1) is 11.1 Å². The summed E-state index contributed by atoms with van der Waals surface area (Å²) in [6, 6.07) is 17.4. The lowest BCUT2D eigenvalue weighted by Crippen LogP contribution is -2.48. The molecule has 7 heteroatoms. The van der Waals surface area contributed by atoms with Gasteiger partial charge in [-0.1, -0.05) is 36.4 Å². The lowest BCUT2D eigenvalue weighted by Gasteiger charge is -2.33. The minimum absolute atomic E-state index is 0.0198. The van der Waals surface area contributed by atoms with Crippen molar-refractivity contribution >= 4 is 17.5 Å². The van der Waals surface area contributed by atoms with Crippen LogP contribution < -0.4 is 15.0 Å². The van der Waals surface area contributed by atoms with Crippen molar-refractivity contribution in [2.24, 2.45) is 12.5 Å². The predicted octanol–water partition coefficient (Wildman–Crippen LogP) is 3.25. The molecule has 2 amide bonds. The van der Waals surface area contributed by atoms with Crippen molar-refractivity contribution in [2.75, 3.05) is 18.1 Å². The largest absolute Gasteiger partial charge is 0.492 e. The molecule has 2 heterocycles. The Morgan fingerprint density at radius 2 is 1.88 bits per heavy atom. The van der Waals surface area contributed by atoms with Gasteiger partial charge in [-0.15, -0.1) is 0 Å². The molecule has 5 rings (SSSR count). The lowest BCUT2D eigenvalue weighted by molar-refractivity contribution is -0.128. The molecule has 3 aromatic rings. The molecule has 1 N–H and O–H groups in total. The first-order chi connectivity index (χ1) is 15.9. The lowest BCUT2D eigenvalue weighted by atomic mass is 9.92. The van der Waals surface area contributed by atoms with E-state index in [0.717, 1.165) is 40.4 Å². The van der Waals surface area contributed by atoms with E-state index in [1.165, 1.54) is 0 Å². The normalized spacial score (nSPS) is 20.8. The second-order valence-electron chi connectivity index (χ2n) is 9.01. The summed E-state index contributed by atoms with van der Waals surface area (Å²) in [6.07, 6.45) is 0.738. The van der Waals surface area contributed by atoms with E-state index in [9.17, 15) is 9.59 Å². The molecule has 0 bridgehead atoms. The van der Waals surface area contributed by atoms with Crippen LogP contribution in [0.4, 0.5) is 5.69 Å². The highest BCUT2D eigenvalue weighted by molar-refractivity contribution is 6.07. The van der Waals surface area contributed by atoms with E-state index >= 15 is 0 Å². The van der Waals surface area contributed by atoms with Gasteiger partial charge in [-0.3, -0.25) is 14.3 Å². The Hall–Kier alpha value is -3.61. The Kier molecular flexibility index (Phi) is 5.19. The molecule has 2 aliphatic rings. The van der Waals surface area contributed by atoms with Crippen molar-refractivity contribution in [2.45, 2.75) is 32.7 Å². The quantitative estimate of drug-likeness (QED) is 0.607. The summed E-state index contributed by atoms with van der Waals surface area (Å²) < 4.78 is 7.82. The highest BCUT2D eigenvalue weighted by atomic mass is 16.5. The van der Waals surface area contributed by atoms with Crippen molar-refractivity contribution in [3.05, 3.63) is 77.1 Å². The number of rotatable bonds is 7. The van der Waals surface area contributed by atoms with E-state index < -0.39 is 5.41 Å². The fourth-order valence-corrected chi connectivity index (χ4v) is 4.92. The zero-order valence-corrected chi connectivity index (χ0v) is 19.2. The van der Waals surface area contributed by atoms with Gasteiger partial charge in [-0.25, -0.2) is 0 Å². The van der Waals surface area contributed by atoms with Gasteiger partial charge in [0.2, 0.25) is 11.8 Å². The van der Waals surface area contributed by atoms with Gasteiger partial charge in [0.25, 0.3) is 0 Å². The number of anilines is 1. The number of nitrogens with one attached hydrogen (secondary N) is 1. The van der Waals surface area contributed by atoms with Gasteiger partial charge in [-0.05, 0) is 44.0 Å². The summed E-state index contributed by atoms with van der Waals surface area (Å²) in [5.74, 6) is 0.644. The number of hydrogen-bond donors (Lipinski definition) is 1. The van der Waals surface area contributed by atoms with Crippen LogP contribution in [0.25, 0.3) is 0 Å². The molecule has 0 saturated heterocycles. The second-order valence-corrected chi connectivity index (χ2v) is 9.01. The van der Waals surface area contributed by atoms with Crippen molar-refractivity contribution in [1.29, 1.82) is 0 Å². The molecule has 1 aromatic heterocycles. The van der Waals surface area contributed by atoms with Crippen molar-refractivity contribution < 1.29 is 14.3 Å². The van der Waals surface area contributed by atoms with Crippen molar-refractivity contribution in [3.63, 3.8) is 0 Å². The summed E-state index contributed by atoms with van der Waals surface area (Å²) in [5.41, 5.74) is 4.24. The molecule has 2 atom stereocenters. The summed E-state index contributed by atoms with van der Waals surface area (Å²) >= 11 is 0. The Morgan fingerprint density at radius 3 is 2.61 bits per heavy atom. The fourth-order valence-electron chi connectivity index (χ4n) is 4.92. The fraction of sp³-hybridized carbons (Fsp3) is 0.346. The van der Waals surface area contributed by atoms with Gasteiger partial charge in [0, 0.05) is 36.5 Å². The van der Waals surface area contributed by atoms with Gasteiger partial charge >= 0.3 is 0 Å². The minimum atomic E-state index is -0.610. The number of nitrogens with zero attached hydrogens (tertiary/aromatic N) is 3. The van der Waals surface area contributed by atoms with Crippen LogP contribution in [-0.2, 0) is 23.2 Å². The maximum atomic E-state index is 13.6. The molecule has 1 aliphatic carbocycles. The zero-order chi connectivity index (χ0) is 23.2. The first kappa shape index (κ1) is 21.2. The van der Waals surface area contributed by atoms with Crippen LogP contribution in [0, 0.1) is 19.3 Å². The van der Waals surface area contributed by atoms with Gasteiger partial charge in [-0.2, -0.15) is 5.10 Å². The number of carbonyl (C=O) groups is 2. The van der Waals surface area contributed by atoms with Crippen LogP contribution in [0.15, 0.2) is 54.6 Å². The molecule has 170 valence electrons. The number of carbonyl (C=O) groups excluding carboxylic acids is 2. The summed E-state index contributed by atoms with van der Waals surface area (Å²) in [7, 11) is 1.89. The van der Waals surface area contributed by atoms with E-state index in [-0.39, 0.29) is 24.3 Å². The highest BCUT2D eigenvalue weighted by Gasteiger charge is 2.66. The number of aromatic nitrogens is 2. The van der Waals surface area contributed by atoms with E-state index in [1.54, 1.807) is 4.90 Å². The molecular weight excluding hydrogens is 416 g/mol. The van der Waals surface area contributed by atoms with Crippen LogP contribution in [0.2, 0.25) is 0 Å². The van der Waals surface area contributed by atoms with Crippen LogP contribution in [0.3, 0.4) is 0 Å². The van der Waals surface area contributed by atoms with E-state index in [4.69, 9.17) is 4.74 Å². The Bertz CT molecular complexity index is 1220. The third-order valence-corrected chi connectivity index (χ3v) is 7.01.